The second kappa shape index (κ2) is 11.1. The third-order valence-electron chi connectivity index (χ3n) is 8.03. The zero-order chi connectivity index (χ0) is 28.6. The number of likely N-dealkylation sites (tertiary alicyclic amines) is 1. The largest absolute Gasteiger partial charge is 0.494 e. The maximum Gasteiger partial charge on any atom is 0.246 e. The summed E-state index contributed by atoms with van der Waals surface area (Å²) in [4.78, 5) is 43.1. The van der Waals surface area contributed by atoms with Gasteiger partial charge in [0.05, 0.1) is 24.5 Å². The van der Waals surface area contributed by atoms with E-state index in [2.05, 4.69) is 31.4 Å². The smallest absolute Gasteiger partial charge is 0.246 e. The summed E-state index contributed by atoms with van der Waals surface area (Å²) in [6, 6.07) is 6.32. The molecule has 216 valence electrons. The molecule has 2 bridgehead atoms. The van der Waals surface area contributed by atoms with Gasteiger partial charge >= 0.3 is 0 Å². The van der Waals surface area contributed by atoms with Gasteiger partial charge in [-0.05, 0) is 82.6 Å². The van der Waals surface area contributed by atoms with Gasteiger partial charge < -0.3 is 30.1 Å². The summed E-state index contributed by atoms with van der Waals surface area (Å²) in [5.41, 5.74) is -0.922. The number of anilines is 1. The van der Waals surface area contributed by atoms with Crippen LogP contribution in [0.2, 0.25) is 0 Å². The molecular weight excluding hydrogens is 498 g/mol. The minimum atomic E-state index is -1.04. The fourth-order valence-corrected chi connectivity index (χ4v) is 7.19. The summed E-state index contributed by atoms with van der Waals surface area (Å²) in [5, 5.41) is 15.5. The minimum Gasteiger partial charge on any atom is -0.494 e. The molecule has 3 aliphatic heterocycles. The molecule has 1 aromatic carbocycles. The number of carbonyl (C=O) groups excluding carboxylic acids is 3. The van der Waals surface area contributed by atoms with Crippen LogP contribution in [0.1, 0.15) is 73.6 Å². The van der Waals surface area contributed by atoms with Crippen molar-refractivity contribution in [3.05, 3.63) is 24.3 Å². The summed E-state index contributed by atoms with van der Waals surface area (Å²) in [6.45, 7) is 13.2. The molecule has 9 nitrogen and oxygen atoms in total. The van der Waals surface area contributed by atoms with E-state index in [1.54, 1.807) is 29.2 Å². The summed E-state index contributed by atoms with van der Waals surface area (Å²) < 4.78 is 12.0. The molecule has 3 heterocycles. The van der Waals surface area contributed by atoms with Gasteiger partial charge in [0.15, 0.2) is 0 Å². The first-order chi connectivity index (χ1) is 18.3. The Morgan fingerprint density at radius 2 is 1.82 bits per heavy atom. The van der Waals surface area contributed by atoms with Crippen LogP contribution in [0.3, 0.4) is 0 Å². The van der Waals surface area contributed by atoms with E-state index in [4.69, 9.17) is 9.47 Å². The average Bonchev–Trinajstić information content (AvgIpc) is 3.46. The Balaban J connectivity index is 1.59. The van der Waals surface area contributed by atoms with Crippen LogP contribution in [0.15, 0.2) is 24.3 Å². The number of rotatable bonds is 11. The monoisotopic (exact) mass is 543 g/mol. The van der Waals surface area contributed by atoms with Gasteiger partial charge in [-0.25, -0.2) is 0 Å². The minimum absolute atomic E-state index is 0.00370. The highest BCUT2D eigenvalue weighted by Crippen LogP contribution is 2.58. The summed E-state index contributed by atoms with van der Waals surface area (Å²) in [7, 11) is 0. The molecular formula is C30H45N3O6. The van der Waals surface area contributed by atoms with Crippen LogP contribution in [0.4, 0.5) is 5.69 Å². The predicted octanol–water partition coefficient (Wildman–Crippen LogP) is 3.50. The number of amides is 3. The van der Waals surface area contributed by atoms with E-state index in [0.29, 0.717) is 50.3 Å². The van der Waals surface area contributed by atoms with Crippen molar-refractivity contribution in [2.24, 2.45) is 17.3 Å². The molecule has 9 heteroatoms. The van der Waals surface area contributed by atoms with E-state index in [1.807, 2.05) is 20.8 Å². The van der Waals surface area contributed by atoms with Crippen LogP contribution < -0.4 is 15.4 Å². The lowest BCUT2D eigenvalue weighted by atomic mass is 9.70. The predicted molar refractivity (Wildman–Crippen MR) is 148 cm³/mol. The normalized spacial score (nSPS) is 28.0. The van der Waals surface area contributed by atoms with Crippen molar-refractivity contribution in [3.8, 4) is 5.75 Å². The van der Waals surface area contributed by atoms with E-state index >= 15 is 0 Å². The second-order valence-corrected chi connectivity index (χ2v) is 13.1. The molecule has 2 unspecified atom stereocenters. The Bertz CT molecular complexity index is 1070. The number of unbranched alkanes of at least 4 members (excludes halogenated alkanes) is 1. The van der Waals surface area contributed by atoms with Gasteiger partial charge in [-0.3, -0.25) is 14.4 Å². The van der Waals surface area contributed by atoms with Crippen LogP contribution in [0, 0.1) is 17.3 Å². The first kappa shape index (κ1) is 29.3. The Kier molecular flexibility index (Phi) is 8.34. The number of hydrogen-bond acceptors (Lipinski definition) is 6. The lowest BCUT2D eigenvalue weighted by Gasteiger charge is -2.38. The van der Waals surface area contributed by atoms with Gasteiger partial charge in [0.2, 0.25) is 17.7 Å². The van der Waals surface area contributed by atoms with E-state index in [1.165, 1.54) is 0 Å². The quantitative estimate of drug-likeness (QED) is 0.368. The van der Waals surface area contributed by atoms with E-state index < -0.39 is 35.1 Å². The number of ether oxygens (including phenoxy) is 2. The summed E-state index contributed by atoms with van der Waals surface area (Å²) >= 11 is 0. The zero-order valence-corrected chi connectivity index (χ0v) is 24.2. The first-order valence-electron chi connectivity index (χ1n) is 14.3. The highest BCUT2D eigenvalue weighted by Gasteiger charge is 2.74. The number of aliphatic hydroxyl groups excluding tert-OH is 1. The molecule has 3 amide bonds. The molecule has 1 aromatic rings. The third kappa shape index (κ3) is 5.94. The molecule has 0 aliphatic carbocycles. The van der Waals surface area contributed by atoms with Gasteiger partial charge in [-0.1, -0.05) is 20.8 Å². The maximum atomic E-state index is 14.0. The first-order valence-corrected chi connectivity index (χ1v) is 14.3. The van der Waals surface area contributed by atoms with Gasteiger partial charge in [-0.2, -0.15) is 0 Å². The molecule has 3 aliphatic rings. The number of carbonyl (C=O) groups is 3. The number of benzene rings is 1. The van der Waals surface area contributed by atoms with Gasteiger partial charge in [-0.15, -0.1) is 0 Å². The third-order valence-corrected chi connectivity index (χ3v) is 8.03. The number of nitrogens with zero attached hydrogens (tertiary/aromatic N) is 1. The van der Waals surface area contributed by atoms with Crippen molar-refractivity contribution in [2.75, 3.05) is 25.1 Å². The zero-order valence-electron chi connectivity index (χ0n) is 24.2. The summed E-state index contributed by atoms with van der Waals surface area (Å²) in [6.07, 6.45) is 2.59. The van der Waals surface area contributed by atoms with Crippen LogP contribution in [0.25, 0.3) is 0 Å². The molecule has 3 fully saturated rings. The molecule has 0 radical (unpaired) electrons. The number of aliphatic hydroxyl groups is 1. The fourth-order valence-electron chi connectivity index (χ4n) is 7.19. The van der Waals surface area contributed by atoms with Gasteiger partial charge in [0, 0.05) is 24.4 Å². The van der Waals surface area contributed by atoms with Crippen LogP contribution in [0.5, 0.6) is 5.75 Å². The van der Waals surface area contributed by atoms with Crippen molar-refractivity contribution in [1.29, 1.82) is 0 Å². The molecule has 0 aromatic heterocycles. The molecule has 1 spiro atoms. The number of fused-ring (bicyclic) bond motifs is 1. The second-order valence-electron chi connectivity index (χ2n) is 13.1. The lowest BCUT2D eigenvalue weighted by Crippen LogP contribution is -2.59. The average molecular weight is 544 g/mol. The standard InChI is InChI=1S/C30H45N3O6/c1-7-38-20-12-10-19(11-13-20)31-25(35)22-21-14-15-30(39-21)23(22)27(37)33(16-8-9-17-34)24(30)26(36)32-29(5,6)18-28(2,3)4/h10-13,21-24,34H,7-9,14-18H2,1-6H3,(H,31,35)(H,32,36)/t21-,22+,23-,24?,30?/m0/s1. The van der Waals surface area contributed by atoms with Crippen molar-refractivity contribution in [2.45, 2.75) is 96.9 Å². The Labute approximate surface area is 232 Å². The lowest BCUT2D eigenvalue weighted by molar-refractivity contribution is -0.142. The van der Waals surface area contributed by atoms with E-state index in [0.717, 1.165) is 6.42 Å². The number of hydrogen-bond donors (Lipinski definition) is 3. The van der Waals surface area contributed by atoms with Crippen LogP contribution in [-0.2, 0) is 19.1 Å². The van der Waals surface area contributed by atoms with Crippen molar-refractivity contribution >= 4 is 23.4 Å². The molecule has 5 atom stereocenters. The van der Waals surface area contributed by atoms with Crippen LogP contribution in [-0.4, -0.2) is 70.8 Å². The highest BCUT2D eigenvalue weighted by atomic mass is 16.5. The van der Waals surface area contributed by atoms with Crippen molar-refractivity contribution < 1.29 is 29.0 Å². The Hall–Kier alpha value is -2.65. The molecule has 4 rings (SSSR count). The maximum absolute atomic E-state index is 14.0. The van der Waals surface area contributed by atoms with Crippen molar-refractivity contribution in [1.82, 2.24) is 10.2 Å². The summed E-state index contributed by atoms with van der Waals surface area (Å²) in [5.74, 6) is -1.42. The fraction of sp³-hybridized carbons (Fsp3) is 0.700. The molecule has 3 N–H and O–H groups in total. The van der Waals surface area contributed by atoms with Crippen molar-refractivity contribution in [3.63, 3.8) is 0 Å². The van der Waals surface area contributed by atoms with Gasteiger partial charge in [0.25, 0.3) is 0 Å². The number of nitrogens with one attached hydrogen (secondary N) is 2. The molecule has 3 saturated heterocycles. The Morgan fingerprint density at radius 3 is 2.44 bits per heavy atom. The van der Waals surface area contributed by atoms with E-state index in [9.17, 15) is 19.5 Å². The highest BCUT2D eigenvalue weighted by molar-refractivity contribution is 6.02. The van der Waals surface area contributed by atoms with Crippen LogP contribution >= 0.6 is 0 Å². The SMILES string of the molecule is CCOc1ccc(NC(=O)[C@@H]2[C@@H]3CCC4(O3)C(C(=O)NC(C)(C)CC(C)(C)C)N(CCCCO)C(=O)[C@H]24)cc1. The topological polar surface area (TPSA) is 117 Å². The van der Waals surface area contributed by atoms with E-state index in [-0.39, 0.29) is 29.7 Å². The van der Waals surface area contributed by atoms with Gasteiger partial charge in [0.1, 0.15) is 17.4 Å². The molecule has 39 heavy (non-hydrogen) atoms. The molecule has 0 saturated carbocycles. The Morgan fingerprint density at radius 1 is 1.13 bits per heavy atom.